The number of epoxide rings is 1. The summed E-state index contributed by atoms with van der Waals surface area (Å²) in [7, 11) is 0. The fourth-order valence-corrected chi connectivity index (χ4v) is 1.80. The van der Waals surface area contributed by atoms with Crippen LogP contribution in [0.3, 0.4) is 0 Å². The zero-order chi connectivity index (χ0) is 10.7. The molecule has 2 nitrogen and oxygen atoms in total. The van der Waals surface area contributed by atoms with Crippen molar-refractivity contribution in [2.75, 3.05) is 13.2 Å². The molecule has 1 atom stereocenters. The minimum absolute atomic E-state index is 0.114. The Hall–Kier alpha value is -0.800. The molecule has 1 aromatic carbocycles. The van der Waals surface area contributed by atoms with Crippen LogP contribution in [0, 0.1) is 0 Å². The van der Waals surface area contributed by atoms with E-state index >= 15 is 0 Å². The third kappa shape index (κ3) is 2.61. The fraction of sp³-hybridized carbons (Fsp3) is 0.333. The number of hydrogen-bond donors (Lipinski definition) is 0. The first-order valence-corrected chi connectivity index (χ1v) is 5.67. The molecule has 15 heavy (non-hydrogen) atoms. The smallest absolute Gasteiger partial charge is 0.133 e. The van der Waals surface area contributed by atoms with Crippen LogP contribution in [-0.4, -0.2) is 18.8 Å². The van der Waals surface area contributed by atoms with Crippen molar-refractivity contribution >= 4 is 15.9 Å². The molecule has 0 aliphatic carbocycles. The maximum absolute atomic E-state index is 5.70. The van der Waals surface area contributed by atoms with Crippen LogP contribution in [0.4, 0.5) is 0 Å². The van der Waals surface area contributed by atoms with Gasteiger partial charge in [0.25, 0.3) is 0 Å². The molecule has 0 spiro atoms. The highest BCUT2D eigenvalue weighted by atomic mass is 79.9. The van der Waals surface area contributed by atoms with Gasteiger partial charge in [0.2, 0.25) is 0 Å². The molecule has 1 fully saturated rings. The molecule has 1 aromatic rings. The van der Waals surface area contributed by atoms with Crippen molar-refractivity contribution in [1.82, 2.24) is 0 Å². The van der Waals surface area contributed by atoms with E-state index in [9.17, 15) is 0 Å². The average Bonchev–Trinajstić information content (AvgIpc) is 2.98. The second kappa shape index (κ2) is 4.37. The van der Waals surface area contributed by atoms with Crippen LogP contribution in [0.25, 0.3) is 0 Å². The Balaban J connectivity index is 1.93. The van der Waals surface area contributed by atoms with E-state index < -0.39 is 0 Å². The van der Waals surface area contributed by atoms with Crippen molar-refractivity contribution in [3.63, 3.8) is 0 Å². The topological polar surface area (TPSA) is 21.8 Å². The van der Waals surface area contributed by atoms with E-state index in [1.54, 1.807) is 0 Å². The molecular formula is C12H13BrO2. The van der Waals surface area contributed by atoms with Gasteiger partial charge in [-0.05, 0) is 34.5 Å². The van der Waals surface area contributed by atoms with Crippen LogP contribution >= 0.6 is 15.9 Å². The van der Waals surface area contributed by atoms with Gasteiger partial charge in [-0.15, -0.1) is 6.58 Å². The predicted molar refractivity (Wildman–Crippen MR) is 63.1 cm³/mol. The van der Waals surface area contributed by atoms with Gasteiger partial charge in [0.15, 0.2) is 0 Å². The molecule has 80 valence electrons. The molecule has 0 radical (unpaired) electrons. The third-order valence-electron chi connectivity index (χ3n) is 2.40. The van der Waals surface area contributed by atoms with Crippen LogP contribution in [0.5, 0.6) is 5.75 Å². The van der Waals surface area contributed by atoms with Crippen molar-refractivity contribution in [3.05, 3.63) is 41.4 Å². The molecule has 2 rings (SSSR count). The first-order chi connectivity index (χ1) is 7.26. The van der Waals surface area contributed by atoms with Gasteiger partial charge in [0.1, 0.15) is 18.0 Å². The number of ether oxygens (including phenoxy) is 2. The highest BCUT2D eigenvalue weighted by molar-refractivity contribution is 9.10. The lowest BCUT2D eigenvalue weighted by molar-refractivity contribution is 0.190. The van der Waals surface area contributed by atoms with E-state index in [1.165, 1.54) is 0 Å². The highest BCUT2D eigenvalue weighted by Crippen LogP contribution is 2.33. The van der Waals surface area contributed by atoms with E-state index in [2.05, 4.69) is 22.5 Å². The van der Waals surface area contributed by atoms with Crippen molar-refractivity contribution in [2.45, 2.75) is 12.0 Å². The molecule has 0 N–H and O–H groups in total. The summed E-state index contributed by atoms with van der Waals surface area (Å²) in [6, 6.07) is 7.81. The highest BCUT2D eigenvalue weighted by Gasteiger charge is 2.44. The van der Waals surface area contributed by atoms with Gasteiger partial charge in [-0.2, -0.15) is 0 Å². The van der Waals surface area contributed by atoms with Crippen LogP contribution in [0.1, 0.15) is 6.42 Å². The number of hydrogen-bond acceptors (Lipinski definition) is 2. The average molecular weight is 269 g/mol. The monoisotopic (exact) mass is 268 g/mol. The van der Waals surface area contributed by atoms with Crippen molar-refractivity contribution in [1.29, 1.82) is 0 Å². The summed E-state index contributed by atoms with van der Waals surface area (Å²) < 4.78 is 12.1. The Labute approximate surface area is 98.0 Å². The fourth-order valence-electron chi connectivity index (χ4n) is 1.40. The molecule has 0 bridgehead atoms. The van der Waals surface area contributed by atoms with Gasteiger partial charge in [-0.3, -0.25) is 0 Å². The molecule has 1 aliphatic heterocycles. The van der Waals surface area contributed by atoms with E-state index in [-0.39, 0.29) is 5.60 Å². The number of para-hydroxylation sites is 1. The normalized spacial score (nSPS) is 23.5. The van der Waals surface area contributed by atoms with E-state index in [4.69, 9.17) is 9.47 Å². The van der Waals surface area contributed by atoms with Gasteiger partial charge in [0.05, 0.1) is 11.1 Å². The summed E-state index contributed by atoms with van der Waals surface area (Å²) in [4.78, 5) is 0. The van der Waals surface area contributed by atoms with Crippen molar-refractivity contribution in [2.24, 2.45) is 0 Å². The number of rotatable bonds is 5. The molecule has 1 unspecified atom stereocenters. The maximum Gasteiger partial charge on any atom is 0.133 e. The summed E-state index contributed by atoms with van der Waals surface area (Å²) in [5.74, 6) is 0.858. The summed E-state index contributed by atoms with van der Waals surface area (Å²) in [5, 5.41) is 0. The predicted octanol–water partition coefficient (Wildman–Crippen LogP) is 3.17. The Kier molecular flexibility index (Phi) is 3.12. The Morgan fingerprint density at radius 2 is 2.27 bits per heavy atom. The first kappa shape index (κ1) is 10.7. The first-order valence-electron chi connectivity index (χ1n) is 4.88. The van der Waals surface area contributed by atoms with Crippen LogP contribution in [-0.2, 0) is 4.74 Å². The van der Waals surface area contributed by atoms with E-state index in [0.717, 1.165) is 23.2 Å². The summed E-state index contributed by atoms with van der Waals surface area (Å²) >= 11 is 3.44. The van der Waals surface area contributed by atoms with E-state index in [0.29, 0.717) is 6.61 Å². The summed E-state index contributed by atoms with van der Waals surface area (Å²) in [6.45, 7) is 5.07. The van der Waals surface area contributed by atoms with E-state index in [1.807, 2.05) is 30.3 Å². The van der Waals surface area contributed by atoms with Crippen molar-refractivity contribution in [3.8, 4) is 5.75 Å². The largest absolute Gasteiger partial charge is 0.489 e. The minimum Gasteiger partial charge on any atom is -0.489 e. The summed E-state index contributed by atoms with van der Waals surface area (Å²) in [6.07, 6.45) is 2.72. The SMILES string of the molecule is C=CCC1(COc2ccccc2Br)CO1. The van der Waals surface area contributed by atoms with Gasteiger partial charge >= 0.3 is 0 Å². The molecule has 0 saturated carbocycles. The number of benzene rings is 1. The minimum atomic E-state index is -0.114. The Morgan fingerprint density at radius 3 is 2.87 bits per heavy atom. The quantitative estimate of drug-likeness (QED) is 0.605. The van der Waals surface area contributed by atoms with Crippen LogP contribution < -0.4 is 4.74 Å². The van der Waals surface area contributed by atoms with Gasteiger partial charge < -0.3 is 9.47 Å². The zero-order valence-electron chi connectivity index (χ0n) is 8.41. The van der Waals surface area contributed by atoms with Crippen LogP contribution in [0.15, 0.2) is 41.4 Å². The lowest BCUT2D eigenvalue weighted by Gasteiger charge is -2.12. The molecule has 3 heteroatoms. The molecule has 0 amide bonds. The van der Waals surface area contributed by atoms with Crippen LogP contribution in [0.2, 0.25) is 0 Å². The molecule has 0 aromatic heterocycles. The maximum atomic E-state index is 5.70. The lowest BCUT2D eigenvalue weighted by Crippen LogP contribution is -2.20. The van der Waals surface area contributed by atoms with Gasteiger partial charge in [-0.1, -0.05) is 18.2 Å². The molecule has 1 aliphatic rings. The van der Waals surface area contributed by atoms with Gasteiger partial charge in [0, 0.05) is 0 Å². The standard InChI is InChI=1S/C12H13BrO2/c1-2-7-12(9-15-12)8-14-11-6-4-3-5-10(11)13/h2-6H,1,7-9H2. The van der Waals surface area contributed by atoms with Crippen molar-refractivity contribution < 1.29 is 9.47 Å². The number of halogens is 1. The second-order valence-corrected chi connectivity index (χ2v) is 4.54. The molecule has 1 saturated heterocycles. The zero-order valence-corrected chi connectivity index (χ0v) is 10.00. The third-order valence-corrected chi connectivity index (χ3v) is 3.05. The second-order valence-electron chi connectivity index (χ2n) is 3.68. The lowest BCUT2D eigenvalue weighted by atomic mass is 10.1. The van der Waals surface area contributed by atoms with Gasteiger partial charge in [-0.25, -0.2) is 0 Å². The Morgan fingerprint density at radius 1 is 1.53 bits per heavy atom. The summed E-state index contributed by atoms with van der Waals surface area (Å²) in [5.41, 5.74) is -0.114. The molecule has 1 heterocycles. The Bertz CT molecular complexity index is 358. The molecular weight excluding hydrogens is 256 g/mol.